The van der Waals surface area contributed by atoms with E-state index < -0.39 is 0 Å². The van der Waals surface area contributed by atoms with Crippen LogP contribution in [0.2, 0.25) is 0 Å². The minimum absolute atomic E-state index is 0.744. The zero-order valence-corrected chi connectivity index (χ0v) is 13.3. The summed E-state index contributed by atoms with van der Waals surface area (Å²) >= 11 is 1.90. The van der Waals surface area contributed by atoms with Crippen molar-refractivity contribution < 1.29 is 0 Å². The maximum Gasteiger partial charge on any atom is 0.0300 e. The van der Waals surface area contributed by atoms with Crippen LogP contribution in [0.5, 0.6) is 0 Å². The van der Waals surface area contributed by atoms with Crippen LogP contribution in [0.3, 0.4) is 0 Å². The van der Waals surface area contributed by atoms with Gasteiger partial charge in [-0.3, -0.25) is 4.90 Å². The summed E-state index contributed by atoms with van der Waals surface area (Å²) in [6.45, 7) is 11.4. The summed E-state index contributed by atoms with van der Waals surface area (Å²) < 4.78 is 0. The minimum atomic E-state index is 0.744. The van der Waals surface area contributed by atoms with Crippen LogP contribution in [-0.2, 0) is 6.54 Å². The Bertz CT molecular complexity index is 377. The van der Waals surface area contributed by atoms with Crippen molar-refractivity contribution >= 4 is 11.3 Å². The smallest absolute Gasteiger partial charge is 0.0300 e. The van der Waals surface area contributed by atoms with Crippen LogP contribution in [0, 0.1) is 6.92 Å². The van der Waals surface area contributed by atoms with Crippen molar-refractivity contribution in [2.45, 2.75) is 32.9 Å². The first kappa shape index (κ1) is 15.0. The molecule has 0 spiro atoms. The molecule has 4 heteroatoms. The number of piperazine rings is 1. The summed E-state index contributed by atoms with van der Waals surface area (Å²) in [5.74, 6) is 0. The third kappa shape index (κ3) is 4.56. The lowest BCUT2D eigenvalue weighted by atomic mass is 10.1. The van der Waals surface area contributed by atoms with Gasteiger partial charge in [0.25, 0.3) is 0 Å². The highest BCUT2D eigenvalue weighted by molar-refractivity contribution is 7.11. The van der Waals surface area contributed by atoms with Crippen LogP contribution >= 0.6 is 11.3 Å². The molecule has 0 aromatic carbocycles. The van der Waals surface area contributed by atoms with Crippen molar-refractivity contribution in [2.75, 3.05) is 39.8 Å². The second kappa shape index (κ2) is 7.39. The summed E-state index contributed by atoms with van der Waals surface area (Å²) in [6, 6.07) is 5.18. The molecule has 0 saturated carbocycles. The Morgan fingerprint density at radius 3 is 2.89 bits per heavy atom. The van der Waals surface area contributed by atoms with Gasteiger partial charge in [0.05, 0.1) is 0 Å². The van der Waals surface area contributed by atoms with Crippen LogP contribution < -0.4 is 5.32 Å². The van der Waals surface area contributed by atoms with E-state index in [0.717, 1.165) is 19.1 Å². The molecular formula is C15H27N3S. The molecule has 3 nitrogen and oxygen atoms in total. The van der Waals surface area contributed by atoms with Crippen molar-refractivity contribution in [2.24, 2.45) is 0 Å². The van der Waals surface area contributed by atoms with E-state index in [1.807, 2.05) is 11.3 Å². The van der Waals surface area contributed by atoms with Gasteiger partial charge >= 0.3 is 0 Å². The van der Waals surface area contributed by atoms with E-state index in [4.69, 9.17) is 0 Å². The van der Waals surface area contributed by atoms with Crippen LogP contribution in [0.15, 0.2) is 12.1 Å². The molecule has 1 aliphatic heterocycles. The average molecular weight is 281 g/mol. The van der Waals surface area contributed by atoms with Crippen LogP contribution in [0.1, 0.15) is 23.1 Å². The third-order valence-corrected chi connectivity index (χ3v) is 5.03. The average Bonchev–Trinajstić information content (AvgIpc) is 2.82. The van der Waals surface area contributed by atoms with Gasteiger partial charge in [0, 0.05) is 55.1 Å². The predicted molar refractivity (Wildman–Crippen MR) is 83.9 cm³/mol. The predicted octanol–water partition coefficient (Wildman–Crippen LogP) is 2.17. The van der Waals surface area contributed by atoms with Gasteiger partial charge in [0.1, 0.15) is 0 Å². The van der Waals surface area contributed by atoms with Gasteiger partial charge in [-0.2, -0.15) is 0 Å². The zero-order valence-electron chi connectivity index (χ0n) is 12.5. The summed E-state index contributed by atoms with van der Waals surface area (Å²) in [6.07, 6.45) is 1.26. The molecule has 1 N–H and O–H groups in total. The van der Waals surface area contributed by atoms with Crippen molar-refractivity contribution in [3.63, 3.8) is 0 Å². The van der Waals surface area contributed by atoms with Crippen molar-refractivity contribution in [3.05, 3.63) is 21.9 Å². The van der Waals surface area contributed by atoms with E-state index in [2.05, 4.69) is 48.1 Å². The molecule has 1 aliphatic rings. The SMILES string of the molecule is CCC1CN(CCNCc2ccc(C)s2)CCN1C. The van der Waals surface area contributed by atoms with E-state index in [-0.39, 0.29) is 0 Å². The number of hydrogen-bond donors (Lipinski definition) is 1. The molecule has 0 bridgehead atoms. The van der Waals surface area contributed by atoms with E-state index in [9.17, 15) is 0 Å². The second-order valence-corrected chi connectivity index (χ2v) is 6.90. The Kier molecular flexibility index (Phi) is 5.82. The molecule has 1 aromatic heterocycles. The molecule has 1 aromatic rings. The summed E-state index contributed by atoms with van der Waals surface area (Å²) in [5.41, 5.74) is 0. The molecule has 108 valence electrons. The van der Waals surface area contributed by atoms with Crippen LogP contribution in [-0.4, -0.2) is 55.6 Å². The lowest BCUT2D eigenvalue weighted by Crippen LogP contribution is -2.52. The Labute approximate surface area is 121 Å². The Morgan fingerprint density at radius 1 is 1.37 bits per heavy atom. The first-order valence-electron chi connectivity index (χ1n) is 7.37. The molecule has 2 rings (SSSR count). The molecule has 0 amide bonds. The molecule has 0 aliphatic carbocycles. The first-order valence-corrected chi connectivity index (χ1v) is 8.19. The number of aryl methyl sites for hydroxylation is 1. The highest BCUT2D eigenvalue weighted by Gasteiger charge is 2.21. The topological polar surface area (TPSA) is 18.5 Å². The number of hydrogen-bond acceptors (Lipinski definition) is 4. The number of likely N-dealkylation sites (N-methyl/N-ethyl adjacent to an activating group) is 1. The van der Waals surface area contributed by atoms with Crippen molar-refractivity contribution in [1.29, 1.82) is 0 Å². The van der Waals surface area contributed by atoms with Crippen molar-refractivity contribution in [3.8, 4) is 0 Å². The number of nitrogens with one attached hydrogen (secondary N) is 1. The highest BCUT2D eigenvalue weighted by Crippen LogP contribution is 2.14. The molecule has 2 heterocycles. The van der Waals surface area contributed by atoms with Gasteiger partial charge in [-0.1, -0.05) is 6.92 Å². The maximum atomic E-state index is 3.56. The maximum absolute atomic E-state index is 3.56. The number of thiophene rings is 1. The molecule has 0 radical (unpaired) electrons. The lowest BCUT2D eigenvalue weighted by molar-refractivity contribution is 0.0939. The number of nitrogens with zero attached hydrogens (tertiary/aromatic N) is 2. The highest BCUT2D eigenvalue weighted by atomic mass is 32.1. The molecule has 1 atom stereocenters. The third-order valence-electron chi connectivity index (χ3n) is 4.03. The van der Waals surface area contributed by atoms with Crippen LogP contribution in [0.25, 0.3) is 0 Å². The fourth-order valence-corrected chi connectivity index (χ4v) is 3.54. The quantitative estimate of drug-likeness (QED) is 0.806. The van der Waals surface area contributed by atoms with Gasteiger partial charge < -0.3 is 10.2 Å². The summed E-state index contributed by atoms with van der Waals surface area (Å²) in [5, 5.41) is 3.56. The largest absolute Gasteiger partial charge is 0.311 e. The fourth-order valence-electron chi connectivity index (χ4n) is 2.68. The normalized spacial score (nSPS) is 21.9. The lowest BCUT2D eigenvalue weighted by Gasteiger charge is -2.39. The summed E-state index contributed by atoms with van der Waals surface area (Å²) in [7, 11) is 2.25. The Balaban J connectivity index is 1.63. The van der Waals surface area contributed by atoms with E-state index in [1.54, 1.807) is 0 Å². The first-order chi connectivity index (χ1) is 9.19. The molecule has 1 saturated heterocycles. The van der Waals surface area contributed by atoms with Gasteiger partial charge in [0.15, 0.2) is 0 Å². The van der Waals surface area contributed by atoms with Crippen LogP contribution in [0.4, 0.5) is 0 Å². The Hall–Kier alpha value is -0.420. The van der Waals surface area contributed by atoms with E-state index >= 15 is 0 Å². The number of rotatable bonds is 6. The van der Waals surface area contributed by atoms with Gasteiger partial charge in [-0.15, -0.1) is 11.3 Å². The second-order valence-electron chi connectivity index (χ2n) is 5.53. The zero-order chi connectivity index (χ0) is 13.7. The van der Waals surface area contributed by atoms with Gasteiger partial charge in [-0.05, 0) is 32.5 Å². The minimum Gasteiger partial charge on any atom is -0.311 e. The van der Waals surface area contributed by atoms with Gasteiger partial charge in [0.2, 0.25) is 0 Å². The molecule has 19 heavy (non-hydrogen) atoms. The van der Waals surface area contributed by atoms with Crippen molar-refractivity contribution in [1.82, 2.24) is 15.1 Å². The van der Waals surface area contributed by atoms with Gasteiger partial charge in [-0.25, -0.2) is 0 Å². The standard InChI is InChI=1S/C15H27N3S/c1-4-14-12-18(10-9-17(14)3)8-7-16-11-15-6-5-13(2)19-15/h5-6,14,16H,4,7-12H2,1-3H3. The Morgan fingerprint density at radius 2 is 2.21 bits per heavy atom. The fraction of sp³-hybridized carbons (Fsp3) is 0.733. The summed E-state index contributed by atoms with van der Waals surface area (Å²) in [4.78, 5) is 7.95. The van der Waals surface area contributed by atoms with E-state index in [1.165, 1.54) is 42.4 Å². The van der Waals surface area contributed by atoms with E-state index in [0.29, 0.717) is 0 Å². The molecule has 1 fully saturated rings. The monoisotopic (exact) mass is 281 g/mol. The molecular weight excluding hydrogens is 254 g/mol. The molecule has 1 unspecified atom stereocenters.